The van der Waals surface area contributed by atoms with E-state index < -0.39 is 0 Å². The van der Waals surface area contributed by atoms with Crippen molar-refractivity contribution in [1.29, 1.82) is 0 Å². The Kier molecular flexibility index (Phi) is 7.14. The average molecular weight is 395 g/mol. The summed E-state index contributed by atoms with van der Waals surface area (Å²) in [7, 11) is 0. The van der Waals surface area contributed by atoms with E-state index in [0.717, 1.165) is 17.5 Å². The molecule has 0 aliphatic rings. The second-order valence-corrected chi connectivity index (χ2v) is 7.17. The standard InChI is InChI=1S/C23H26FN3O2/c1-3-17(2)25-23(28)21-16-29-22(26-21)15-27(13-18-7-5-4-6-8-18)14-19-9-11-20(24)12-10-19/h4-12,16-17H,3,13-15H2,1-2H3,(H,25,28). The Morgan fingerprint density at radius 3 is 2.38 bits per heavy atom. The molecule has 3 rings (SSSR count). The van der Waals surface area contributed by atoms with Gasteiger partial charge in [0.25, 0.3) is 5.91 Å². The molecule has 0 aliphatic heterocycles. The molecule has 1 aromatic heterocycles. The number of rotatable bonds is 9. The zero-order valence-corrected chi connectivity index (χ0v) is 16.8. The fourth-order valence-corrected chi connectivity index (χ4v) is 2.94. The fourth-order valence-electron chi connectivity index (χ4n) is 2.94. The van der Waals surface area contributed by atoms with Gasteiger partial charge < -0.3 is 9.73 Å². The normalized spacial score (nSPS) is 12.1. The molecule has 1 heterocycles. The van der Waals surface area contributed by atoms with Crippen molar-refractivity contribution in [2.24, 2.45) is 0 Å². The molecule has 1 amide bonds. The first-order chi connectivity index (χ1) is 14.0. The molecule has 1 atom stereocenters. The summed E-state index contributed by atoms with van der Waals surface area (Å²) in [4.78, 5) is 18.7. The van der Waals surface area contributed by atoms with Crippen LogP contribution < -0.4 is 5.32 Å². The molecule has 0 saturated carbocycles. The van der Waals surface area contributed by atoms with Crippen molar-refractivity contribution < 1.29 is 13.6 Å². The van der Waals surface area contributed by atoms with E-state index in [2.05, 4.69) is 27.3 Å². The molecule has 152 valence electrons. The van der Waals surface area contributed by atoms with E-state index in [1.807, 2.05) is 32.0 Å². The number of aromatic nitrogens is 1. The van der Waals surface area contributed by atoms with Crippen LogP contribution in [0.25, 0.3) is 0 Å². The van der Waals surface area contributed by atoms with Gasteiger partial charge in [-0.2, -0.15) is 0 Å². The number of amides is 1. The van der Waals surface area contributed by atoms with Crippen molar-refractivity contribution in [2.45, 2.75) is 45.9 Å². The Balaban J connectivity index is 1.72. The van der Waals surface area contributed by atoms with Gasteiger partial charge in [-0.15, -0.1) is 0 Å². The Labute approximate surface area is 170 Å². The average Bonchev–Trinajstić information content (AvgIpc) is 3.19. The molecule has 1 unspecified atom stereocenters. The number of nitrogens with one attached hydrogen (secondary N) is 1. The fraction of sp³-hybridized carbons (Fsp3) is 0.304. The Bertz CT molecular complexity index is 909. The third kappa shape index (κ3) is 6.26. The van der Waals surface area contributed by atoms with Gasteiger partial charge in [-0.05, 0) is 36.6 Å². The zero-order chi connectivity index (χ0) is 20.6. The lowest BCUT2D eigenvalue weighted by Crippen LogP contribution is -2.32. The summed E-state index contributed by atoms with van der Waals surface area (Å²) in [5.41, 5.74) is 2.42. The van der Waals surface area contributed by atoms with Crippen LogP contribution in [0.2, 0.25) is 0 Å². The van der Waals surface area contributed by atoms with Gasteiger partial charge in [0.15, 0.2) is 5.69 Å². The summed E-state index contributed by atoms with van der Waals surface area (Å²) in [6.45, 7) is 5.67. The molecule has 3 aromatic rings. The quantitative estimate of drug-likeness (QED) is 0.578. The predicted octanol–water partition coefficient (Wildman–Crippen LogP) is 4.54. The second-order valence-electron chi connectivity index (χ2n) is 7.17. The first-order valence-corrected chi connectivity index (χ1v) is 9.79. The zero-order valence-electron chi connectivity index (χ0n) is 16.8. The number of carbonyl (C=O) groups excluding carboxylic acids is 1. The number of nitrogens with zero attached hydrogens (tertiary/aromatic N) is 2. The van der Waals surface area contributed by atoms with Crippen LogP contribution in [0.1, 0.15) is 47.8 Å². The molecule has 5 nitrogen and oxygen atoms in total. The van der Waals surface area contributed by atoms with Crippen LogP contribution >= 0.6 is 0 Å². The minimum absolute atomic E-state index is 0.0794. The van der Waals surface area contributed by atoms with E-state index >= 15 is 0 Å². The number of benzene rings is 2. The van der Waals surface area contributed by atoms with Crippen LogP contribution in [-0.4, -0.2) is 21.8 Å². The highest BCUT2D eigenvalue weighted by Crippen LogP contribution is 2.15. The van der Waals surface area contributed by atoms with Crippen molar-refractivity contribution in [2.75, 3.05) is 0 Å². The van der Waals surface area contributed by atoms with E-state index in [9.17, 15) is 9.18 Å². The van der Waals surface area contributed by atoms with E-state index in [1.165, 1.54) is 18.4 Å². The van der Waals surface area contributed by atoms with E-state index in [4.69, 9.17) is 4.42 Å². The number of hydrogen-bond donors (Lipinski definition) is 1. The lowest BCUT2D eigenvalue weighted by molar-refractivity contribution is 0.0934. The van der Waals surface area contributed by atoms with Crippen LogP contribution in [-0.2, 0) is 19.6 Å². The highest BCUT2D eigenvalue weighted by atomic mass is 19.1. The van der Waals surface area contributed by atoms with Gasteiger partial charge in [-0.3, -0.25) is 9.69 Å². The number of hydrogen-bond acceptors (Lipinski definition) is 4. The van der Waals surface area contributed by atoms with Gasteiger partial charge >= 0.3 is 0 Å². The number of carbonyl (C=O) groups is 1. The molecule has 0 bridgehead atoms. The Morgan fingerprint density at radius 2 is 1.72 bits per heavy atom. The van der Waals surface area contributed by atoms with E-state index in [1.54, 1.807) is 12.1 Å². The SMILES string of the molecule is CCC(C)NC(=O)c1coc(CN(Cc2ccccc2)Cc2ccc(F)cc2)n1. The molecule has 0 fully saturated rings. The first-order valence-electron chi connectivity index (χ1n) is 9.79. The molecule has 0 saturated heterocycles. The summed E-state index contributed by atoms with van der Waals surface area (Å²) >= 11 is 0. The summed E-state index contributed by atoms with van der Waals surface area (Å²) in [5.74, 6) is -0.0205. The minimum Gasteiger partial charge on any atom is -0.447 e. The third-order valence-electron chi connectivity index (χ3n) is 4.70. The number of halogens is 1. The third-order valence-corrected chi connectivity index (χ3v) is 4.70. The maximum absolute atomic E-state index is 13.2. The van der Waals surface area contributed by atoms with Crippen LogP contribution in [0.3, 0.4) is 0 Å². The highest BCUT2D eigenvalue weighted by molar-refractivity contribution is 5.92. The van der Waals surface area contributed by atoms with Crippen molar-refractivity contribution in [3.63, 3.8) is 0 Å². The lowest BCUT2D eigenvalue weighted by Gasteiger charge is -2.21. The van der Waals surface area contributed by atoms with Crippen LogP contribution in [0.4, 0.5) is 4.39 Å². The van der Waals surface area contributed by atoms with Gasteiger partial charge in [0.2, 0.25) is 5.89 Å². The van der Waals surface area contributed by atoms with Gasteiger partial charge in [0.05, 0.1) is 6.54 Å². The maximum atomic E-state index is 13.2. The van der Waals surface area contributed by atoms with Crippen LogP contribution in [0, 0.1) is 5.82 Å². The highest BCUT2D eigenvalue weighted by Gasteiger charge is 2.16. The molecule has 0 spiro atoms. The van der Waals surface area contributed by atoms with Gasteiger partial charge in [0.1, 0.15) is 12.1 Å². The molecule has 1 N–H and O–H groups in total. The molecule has 0 radical (unpaired) electrons. The molecule has 0 aliphatic carbocycles. The summed E-state index contributed by atoms with van der Waals surface area (Å²) in [5, 5.41) is 2.89. The molecule has 29 heavy (non-hydrogen) atoms. The molecule has 6 heteroatoms. The van der Waals surface area contributed by atoms with E-state index in [0.29, 0.717) is 25.5 Å². The summed E-state index contributed by atoms with van der Waals surface area (Å²) in [6, 6.07) is 16.6. The monoisotopic (exact) mass is 395 g/mol. The van der Waals surface area contributed by atoms with Gasteiger partial charge in [-0.1, -0.05) is 49.4 Å². The Hall–Kier alpha value is -2.99. The Morgan fingerprint density at radius 1 is 1.07 bits per heavy atom. The summed E-state index contributed by atoms with van der Waals surface area (Å²) in [6.07, 6.45) is 2.24. The lowest BCUT2D eigenvalue weighted by atomic mass is 10.1. The first kappa shape index (κ1) is 20.7. The van der Waals surface area contributed by atoms with Gasteiger partial charge in [0, 0.05) is 19.1 Å². The predicted molar refractivity (Wildman–Crippen MR) is 110 cm³/mol. The minimum atomic E-state index is -0.256. The molecule has 2 aromatic carbocycles. The van der Waals surface area contributed by atoms with Crippen LogP contribution in [0.15, 0.2) is 65.3 Å². The van der Waals surface area contributed by atoms with Gasteiger partial charge in [-0.25, -0.2) is 9.37 Å². The topological polar surface area (TPSA) is 58.4 Å². The second kappa shape index (κ2) is 9.98. The van der Waals surface area contributed by atoms with Crippen molar-refractivity contribution in [1.82, 2.24) is 15.2 Å². The molecular formula is C23H26FN3O2. The maximum Gasteiger partial charge on any atom is 0.273 e. The molecular weight excluding hydrogens is 369 g/mol. The van der Waals surface area contributed by atoms with Crippen molar-refractivity contribution >= 4 is 5.91 Å². The summed E-state index contributed by atoms with van der Waals surface area (Å²) < 4.78 is 18.8. The smallest absolute Gasteiger partial charge is 0.273 e. The van der Waals surface area contributed by atoms with Crippen LogP contribution in [0.5, 0.6) is 0 Å². The van der Waals surface area contributed by atoms with Crippen molar-refractivity contribution in [3.8, 4) is 0 Å². The number of oxazole rings is 1. The van der Waals surface area contributed by atoms with Crippen molar-refractivity contribution in [3.05, 3.63) is 89.4 Å². The van der Waals surface area contributed by atoms with E-state index in [-0.39, 0.29) is 23.5 Å². The largest absolute Gasteiger partial charge is 0.447 e.